The van der Waals surface area contributed by atoms with E-state index >= 15 is 0 Å². The number of hydrogen-bond acceptors (Lipinski definition) is 2. The summed E-state index contributed by atoms with van der Waals surface area (Å²) in [5, 5.41) is 9.09. The summed E-state index contributed by atoms with van der Waals surface area (Å²) in [6, 6.07) is 27.8. The lowest BCUT2D eigenvalue weighted by atomic mass is 9.93. The fourth-order valence-electron chi connectivity index (χ4n) is 4.20. The molecule has 29 heavy (non-hydrogen) atoms. The molecule has 1 aliphatic rings. The minimum atomic E-state index is 0.727. The molecule has 0 unspecified atom stereocenters. The average Bonchev–Trinajstić information content (AvgIpc) is 2.91. The maximum atomic E-state index is 9.09. The van der Waals surface area contributed by atoms with Gasteiger partial charge in [0.05, 0.1) is 11.6 Å². The van der Waals surface area contributed by atoms with Crippen LogP contribution in [0.15, 0.2) is 78.9 Å². The summed E-state index contributed by atoms with van der Waals surface area (Å²) >= 11 is 0. The molecule has 0 spiro atoms. The third kappa shape index (κ3) is 4.47. The van der Waals surface area contributed by atoms with Gasteiger partial charge in [0.25, 0.3) is 0 Å². The fourth-order valence-corrected chi connectivity index (χ4v) is 4.20. The van der Waals surface area contributed by atoms with Gasteiger partial charge in [0.2, 0.25) is 0 Å². The molecular formula is C27H26N2. The Hall–Kier alpha value is -3.15. The van der Waals surface area contributed by atoms with Gasteiger partial charge in [-0.1, -0.05) is 66.7 Å². The second-order valence-electron chi connectivity index (χ2n) is 7.77. The van der Waals surface area contributed by atoms with Crippen LogP contribution in [0.3, 0.4) is 0 Å². The molecule has 0 aliphatic heterocycles. The molecule has 3 aromatic carbocycles. The number of aryl methyl sites for hydroxylation is 2. The van der Waals surface area contributed by atoms with E-state index in [1.165, 1.54) is 33.4 Å². The van der Waals surface area contributed by atoms with Crippen LogP contribution in [-0.2, 0) is 19.4 Å². The summed E-state index contributed by atoms with van der Waals surface area (Å²) in [5.74, 6) is 0. The number of fused-ring (bicyclic) bond motifs is 2. The zero-order valence-corrected chi connectivity index (χ0v) is 16.9. The van der Waals surface area contributed by atoms with E-state index in [4.69, 9.17) is 5.26 Å². The summed E-state index contributed by atoms with van der Waals surface area (Å²) in [6.45, 7) is 1.83. The smallest absolute Gasteiger partial charge is 0.0991 e. The molecule has 3 aromatic rings. The Morgan fingerprint density at radius 2 is 1.55 bits per heavy atom. The molecule has 0 atom stereocenters. The Kier molecular flexibility index (Phi) is 5.89. The predicted molar refractivity (Wildman–Crippen MR) is 119 cm³/mol. The van der Waals surface area contributed by atoms with Crippen molar-refractivity contribution in [3.05, 3.63) is 112 Å². The fraction of sp³-hybridized carbons (Fsp3) is 0.222. The zero-order chi connectivity index (χ0) is 20.1. The van der Waals surface area contributed by atoms with Gasteiger partial charge in [-0.15, -0.1) is 0 Å². The van der Waals surface area contributed by atoms with Crippen molar-refractivity contribution in [2.75, 3.05) is 13.6 Å². The van der Waals surface area contributed by atoms with Crippen LogP contribution < -0.4 is 0 Å². The Bertz CT molecular complexity index is 1020. The molecule has 2 heteroatoms. The number of hydrogen-bond donors (Lipinski definition) is 0. The summed E-state index contributed by atoms with van der Waals surface area (Å²) in [7, 11) is 2.15. The third-order valence-corrected chi connectivity index (χ3v) is 5.65. The maximum absolute atomic E-state index is 9.09. The molecular weight excluding hydrogens is 352 g/mol. The third-order valence-electron chi connectivity index (χ3n) is 5.65. The van der Waals surface area contributed by atoms with Crippen LogP contribution in [0, 0.1) is 11.3 Å². The van der Waals surface area contributed by atoms with E-state index in [0.717, 1.165) is 37.9 Å². The van der Waals surface area contributed by atoms with Gasteiger partial charge in [0.1, 0.15) is 0 Å². The average molecular weight is 379 g/mol. The van der Waals surface area contributed by atoms with Crippen LogP contribution in [0.25, 0.3) is 5.57 Å². The standard InChI is InChI=1S/C27H26N2/c1-29(20-22-9-6-8-21(18-22)19-28)17-7-14-27-25-12-4-2-10-23(25)15-16-24-11-3-5-13-26(24)27/h2-6,8-14,18H,7,15-17,20H2,1H3. The van der Waals surface area contributed by atoms with Crippen LogP contribution in [0.4, 0.5) is 0 Å². The van der Waals surface area contributed by atoms with Crippen LogP contribution in [-0.4, -0.2) is 18.5 Å². The SMILES string of the molecule is CN(CCC=C1c2ccccc2CCc2ccccc21)Cc1cccc(C#N)c1. The number of nitriles is 1. The van der Waals surface area contributed by atoms with Gasteiger partial charge in [0.15, 0.2) is 0 Å². The van der Waals surface area contributed by atoms with Gasteiger partial charge in [-0.3, -0.25) is 0 Å². The largest absolute Gasteiger partial charge is 0.302 e. The van der Waals surface area contributed by atoms with Crippen molar-refractivity contribution in [1.82, 2.24) is 4.90 Å². The van der Waals surface area contributed by atoms with Crippen LogP contribution in [0.5, 0.6) is 0 Å². The van der Waals surface area contributed by atoms with Crippen molar-refractivity contribution in [2.45, 2.75) is 25.8 Å². The van der Waals surface area contributed by atoms with E-state index in [-0.39, 0.29) is 0 Å². The molecule has 0 bridgehead atoms. The molecule has 0 saturated heterocycles. The quantitative estimate of drug-likeness (QED) is 0.577. The summed E-state index contributed by atoms with van der Waals surface area (Å²) in [4.78, 5) is 2.32. The molecule has 2 nitrogen and oxygen atoms in total. The lowest BCUT2D eigenvalue weighted by molar-refractivity contribution is 0.333. The molecule has 0 N–H and O–H groups in total. The highest BCUT2D eigenvalue weighted by Crippen LogP contribution is 2.33. The van der Waals surface area contributed by atoms with Crippen LogP contribution >= 0.6 is 0 Å². The Balaban J connectivity index is 1.52. The topological polar surface area (TPSA) is 27.0 Å². The highest BCUT2D eigenvalue weighted by Gasteiger charge is 2.17. The number of rotatable bonds is 5. The molecule has 1 aliphatic carbocycles. The molecule has 0 heterocycles. The monoisotopic (exact) mass is 378 g/mol. The number of benzene rings is 3. The Labute approximate surface area is 173 Å². The Morgan fingerprint density at radius 3 is 2.21 bits per heavy atom. The zero-order valence-electron chi connectivity index (χ0n) is 16.9. The first-order valence-corrected chi connectivity index (χ1v) is 10.3. The van der Waals surface area contributed by atoms with E-state index in [1.54, 1.807) is 0 Å². The first-order valence-electron chi connectivity index (χ1n) is 10.3. The van der Waals surface area contributed by atoms with Crippen LogP contribution in [0.1, 0.15) is 39.8 Å². The Morgan fingerprint density at radius 1 is 0.897 bits per heavy atom. The summed E-state index contributed by atoms with van der Waals surface area (Å²) in [5.41, 5.74) is 8.92. The molecule has 0 aromatic heterocycles. The van der Waals surface area contributed by atoms with Crippen LogP contribution in [0.2, 0.25) is 0 Å². The highest BCUT2D eigenvalue weighted by atomic mass is 15.1. The van der Waals surface area contributed by atoms with Crippen molar-refractivity contribution in [2.24, 2.45) is 0 Å². The van der Waals surface area contributed by atoms with E-state index < -0.39 is 0 Å². The molecule has 0 amide bonds. The summed E-state index contributed by atoms with van der Waals surface area (Å²) < 4.78 is 0. The van der Waals surface area contributed by atoms with Gasteiger partial charge < -0.3 is 4.90 Å². The number of nitrogens with zero attached hydrogens (tertiary/aromatic N) is 2. The lowest BCUT2D eigenvalue weighted by Gasteiger charge is -2.17. The first-order chi connectivity index (χ1) is 14.2. The van der Waals surface area contributed by atoms with E-state index in [9.17, 15) is 0 Å². The first kappa shape index (κ1) is 19.2. The summed E-state index contributed by atoms with van der Waals surface area (Å²) in [6.07, 6.45) is 5.59. The predicted octanol–water partition coefficient (Wildman–Crippen LogP) is 5.61. The van der Waals surface area contributed by atoms with Gasteiger partial charge in [-0.05, 0) is 71.8 Å². The van der Waals surface area contributed by atoms with Crippen molar-refractivity contribution in [3.63, 3.8) is 0 Å². The van der Waals surface area contributed by atoms with Crippen molar-refractivity contribution in [3.8, 4) is 6.07 Å². The molecule has 4 rings (SSSR count). The molecule has 0 fully saturated rings. The molecule has 144 valence electrons. The highest BCUT2D eigenvalue weighted by molar-refractivity contribution is 5.83. The normalized spacial score (nSPS) is 12.7. The van der Waals surface area contributed by atoms with Gasteiger partial charge in [0, 0.05) is 13.1 Å². The van der Waals surface area contributed by atoms with Crippen molar-refractivity contribution in [1.29, 1.82) is 5.26 Å². The second kappa shape index (κ2) is 8.90. The van der Waals surface area contributed by atoms with Crippen molar-refractivity contribution >= 4 is 5.57 Å². The van der Waals surface area contributed by atoms with E-state index in [0.29, 0.717) is 0 Å². The maximum Gasteiger partial charge on any atom is 0.0991 e. The van der Waals surface area contributed by atoms with Crippen molar-refractivity contribution < 1.29 is 0 Å². The minimum Gasteiger partial charge on any atom is -0.302 e. The van der Waals surface area contributed by atoms with Gasteiger partial charge in [-0.25, -0.2) is 0 Å². The van der Waals surface area contributed by atoms with Gasteiger partial charge in [-0.2, -0.15) is 5.26 Å². The molecule has 0 radical (unpaired) electrons. The minimum absolute atomic E-state index is 0.727. The van der Waals surface area contributed by atoms with E-state index in [1.807, 2.05) is 18.2 Å². The second-order valence-corrected chi connectivity index (χ2v) is 7.77. The molecule has 0 saturated carbocycles. The van der Waals surface area contributed by atoms with E-state index in [2.05, 4.69) is 78.7 Å². The lowest BCUT2D eigenvalue weighted by Crippen LogP contribution is -2.18. The van der Waals surface area contributed by atoms with Gasteiger partial charge >= 0.3 is 0 Å².